The van der Waals surface area contributed by atoms with Gasteiger partial charge < -0.3 is 14.4 Å². The Labute approximate surface area is 320 Å². The molecule has 54 heavy (non-hydrogen) atoms. The van der Waals surface area contributed by atoms with E-state index in [0.29, 0.717) is 28.7 Å². The molecule has 280 valence electrons. The zero-order valence-electron chi connectivity index (χ0n) is 30.8. The molecule has 2 atom stereocenters. The zero-order valence-corrected chi connectivity index (χ0v) is 31.6. The number of esters is 1. The molecule has 1 fully saturated rings. The number of amides is 1. The maximum atomic E-state index is 14.4. The van der Waals surface area contributed by atoms with Gasteiger partial charge in [0.15, 0.2) is 5.17 Å². The molecular weight excluding hydrogens is 703 g/mol. The second-order valence-electron chi connectivity index (χ2n) is 13.5. The molecule has 1 amide bonds. The summed E-state index contributed by atoms with van der Waals surface area (Å²) in [5.74, 6) is -0.491. The van der Waals surface area contributed by atoms with Crippen LogP contribution in [0, 0.1) is 16.0 Å². The van der Waals surface area contributed by atoms with Gasteiger partial charge in [0.1, 0.15) is 17.8 Å². The number of carbonyl (C=O) groups excluding carboxylic acids is 2. The Kier molecular flexibility index (Phi) is 12.6. The molecule has 4 aromatic carbocycles. The van der Waals surface area contributed by atoms with Crippen LogP contribution in [0.5, 0.6) is 5.75 Å². The van der Waals surface area contributed by atoms with Gasteiger partial charge in [0.05, 0.1) is 19.1 Å². The number of nitrogens with zero attached hydrogens (tertiary/aromatic N) is 5. The minimum Gasteiger partial charge on any atom is -0.497 e. The number of likely N-dealkylation sites (tertiary alicyclic amines) is 1. The lowest BCUT2D eigenvalue weighted by atomic mass is 9.68. The minimum absolute atomic E-state index is 0.0774. The number of ether oxygens (including phenoxy) is 2. The van der Waals surface area contributed by atoms with Gasteiger partial charge in [-0.25, -0.2) is 9.98 Å². The summed E-state index contributed by atoms with van der Waals surface area (Å²) in [6.07, 6.45) is 1.67. The summed E-state index contributed by atoms with van der Waals surface area (Å²) in [6.45, 7) is 4.21. The van der Waals surface area contributed by atoms with Crippen molar-refractivity contribution in [2.75, 3.05) is 38.8 Å². The number of rotatable bonds is 13. The fraction of sp³-hybridized carbons (Fsp3) is 0.333. The number of non-ortho nitro benzene ring substituents is 1. The van der Waals surface area contributed by atoms with Crippen molar-refractivity contribution >= 4 is 45.9 Å². The normalized spacial score (nSPS) is 18.2. The monoisotopic (exact) mass is 747 g/mol. The van der Waals surface area contributed by atoms with Crippen molar-refractivity contribution in [1.29, 1.82) is 0 Å². The van der Waals surface area contributed by atoms with Crippen LogP contribution in [0.2, 0.25) is 0 Å². The topological polar surface area (TPSA) is 127 Å². The van der Waals surface area contributed by atoms with Gasteiger partial charge in [-0.1, -0.05) is 84.6 Å². The number of thioether (sulfide) groups is 1. The van der Waals surface area contributed by atoms with Crippen molar-refractivity contribution in [3.05, 3.63) is 136 Å². The Morgan fingerprint density at radius 3 is 2.07 bits per heavy atom. The lowest BCUT2D eigenvalue weighted by molar-refractivity contribution is -0.384. The average molecular weight is 748 g/mol. The molecule has 2 unspecified atom stereocenters. The Hall–Kier alpha value is -5.33. The predicted molar refractivity (Wildman–Crippen MR) is 213 cm³/mol. The zero-order chi connectivity index (χ0) is 38.1. The first kappa shape index (κ1) is 38.4. The van der Waals surface area contributed by atoms with E-state index in [0.717, 1.165) is 43.8 Å². The van der Waals surface area contributed by atoms with Gasteiger partial charge in [-0.15, -0.1) is 0 Å². The quantitative estimate of drug-likeness (QED) is 0.0775. The van der Waals surface area contributed by atoms with Crippen molar-refractivity contribution in [1.82, 2.24) is 4.90 Å². The largest absolute Gasteiger partial charge is 0.497 e. The third kappa shape index (κ3) is 8.72. The highest BCUT2D eigenvalue weighted by Gasteiger charge is 2.42. The molecule has 2 aliphatic rings. The lowest BCUT2D eigenvalue weighted by Crippen LogP contribution is -2.51. The van der Waals surface area contributed by atoms with Gasteiger partial charge in [-0.2, -0.15) is 0 Å². The molecule has 2 heterocycles. The summed E-state index contributed by atoms with van der Waals surface area (Å²) < 4.78 is 10.5. The molecule has 4 aromatic rings. The first-order valence-electron chi connectivity index (χ1n) is 18.1. The molecule has 1 saturated heterocycles. The fourth-order valence-electron chi connectivity index (χ4n) is 7.39. The molecule has 12 heteroatoms. The summed E-state index contributed by atoms with van der Waals surface area (Å²) in [6, 6.07) is 34.8. The van der Waals surface area contributed by atoms with Gasteiger partial charge >= 0.3 is 5.97 Å². The van der Waals surface area contributed by atoms with E-state index in [9.17, 15) is 19.7 Å². The first-order chi connectivity index (χ1) is 26.2. The predicted octanol–water partition coefficient (Wildman–Crippen LogP) is 7.68. The Bertz CT molecular complexity index is 1920. The SMILES string of the molecule is COC(=O)C1C(C)=NC(SCc2ccc(OC)cc2)=NC1N(C(=O)CCCN1CCC(c2ccccc2)(c2ccccc2)CC1)c1ccc([N+](=O)[O-])cc1. The molecule has 0 radical (unpaired) electrons. The van der Waals surface area contributed by atoms with Gasteiger partial charge in [-0.3, -0.25) is 24.6 Å². The molecule has 0 aromatic heterocycles. The molecule has 0 aliphatic carbocycles. The molecule has 0 bridgehead atoms. The molecule has 11 nitrogen and oxygen atoms in total. The Balaban J connectivity index is 1.21. The van der Waals surface area contributed by atoms with Crippen LogP contribution in [0.4, 0.5) is 11.4 Å². The van der Waals surface area contributed by atoms with Gasteiger partial charge in [0.2, 0.25) is 5.91 Å². The Morgan fingerprint density at radius 2 is 1.52 bits per heavy atom. The third-order valence-corrected chi connectivity index (χ3v) is 11.3. The number of nitro benzene ring substituents is 1. The number of piperidine rings is 1. The minimum atomic E-state index is -1.00. The average Bonchev–Trinajstić information content (AvgIpc) is 3.21. The summed E-state index contributed by atoms with van der Waals surface area (Å²) in [5, 5.41) is 11.9. The number of amidine groups is 1. The van der Waals surface area contributed by atoms with Crippen molar-refractivity contribution < 1.29 is 24.0 Å². The molecule has 2 aliphatic heterocycles. The number of anilines is 1. The lowest BCUT2D eigenvalue weighted by Gasteiger charge is -2.43. The van der Waals surface area contributed by atoms with Crippen molar-refractivity contribution in [3.63, 3.8) is 0 Å². The highest BCUT2D eigenvalue weighted by Crippen LogP contribution is 2.42. The van der Waals surface area contributed by atoms with E-state index in [1.165, 1.54) is 59.2 Å². The van der Waals surface area contributed by atoms with E-state index < -0.39 is 23.0 Å². The highest BCUT2D eigenvalue weighted by atomic mass is 32.2. The van der Waals surface area contributed by atoms with Crippen LogP contribution in [0.1, 0.15) is 49.3 Å². The summed E-state index contributed by atoms with van der Waals surface area (Å²) in [5.41, 5.74) is 4.34. The van der Waals surface area contributed by atoms with E-state index in [4.69, 9.17) is 14.5 Å². The van der Waals surface area contributed by atoms with Crippen LogP contribution in [0.3, 0.4) is 0 Å². The maximum Gasteiger partial charge on any atom is 0.318 e. The summed E-state index contributed by atoms with van der Waals surface area (Å²) >= 11 is 1.39. The summed E-state index contributed by atoms with van der Waals surface area (Å²) in [7, 11) is 2.91. The van der Waals surface area contributed by atoms with E-state index >= 15 is 0 Å². The second-order valence-corrected chi connectivity index (χ2v) is 14.5. The fourth-order valence-corrected chi connectivity index (χ4v) is 8.27. The molecule has 0 N–H and O–H groups in total. The molecular formula is C42H45N5O6S. The number of hydrogen-bond acceptors (Lipinski definition) is 10. The first-order valence-corrected chi connectivity index (χ1v) is 19.1. The van der Waals surface area contributed by atoms with Crippen molar-refractivity contribution in [3.8, 4) is 5.75 Å². The van der Waals surface area contributed by atoms with Gasteiger partial charge in [0, 0.05) is 41.1 Å². The smallest absolute Gasteiger partial charge is 0.318 e. The molecule has 0 saturated carbocycles. The maximum absolute atomic E-state index is 14.4. The van der Waals surface area contributed by atoms with Crippen LogP contribution in [-0.4, -0.2) is 72.6 Å². The van der Waals surface area contributed by atoms with Crippen LogP contribution in [-0.2, 0) is 25.5 Å². The van der Waals surface area contributed by atoms with E-state index in [1.807, 2.05) is 24.3 Å². The molecule has 6 rings (SSSR count). The van der Waals surface area contributed by atoms with E-state index in [2.05, 4.69) is 70.6 Å². The molecule has 0 spiro atoms. The number of hydrogen-bond donors (Lipinski definition) is 0. The number of nitro groups is 1. The van der Waals surface area contributed by atoms with Crippen LogP contribution < -0.4 is 9.64 Å². The van der Waals surface area contributed by atoms with E-state index in [-0.39, 0.29) is 23.4 Å². The number of carbonyl (C=O) groups is 2. The van der Waals surface area contributed by atoms with Gasteiger partial charge in [0.25, 0.3) is 5.69 Å². The van der Waals surface area contributed by atoms with E-state index in [1.54, 1.807) is 14.0 Å². The highest BCUT2D eigenvalue weighted by molar-refractivity contribution is 8.13. The van der Waals surface area contributed by atoms with Gasteiger partial charge in [-0.05, 0) is 86.8 Å². The standard InChI is InChI=1S/C42H45N5O6S/c1-30-38(40(49)53-3)39(44-41(43-30)54-29-31-16-22-36(52-2)23-17-31)46(34-18-20-35(21-19-34)47(50)51)37(48)15-10-26-45-27-24-42(25-28-45,32-11-6-4-7-12-32)33-13-8-5-9-14-33/h4-9,11-14,16-23,38-39H,10,15,24-29H2,1-3H3. The second kappa shape index (κ2) is 17.7. The number of aliphatic imine (C=N–C) groups is 2. The van der Waals surface area contributed by atoms with Crippen LogP contribution >= 0.6 is 11.8 Å². The number of benzene rings is 4. The van der Waals surface area contributed by atoms with Crippen molar-refractivity contribution in [2.45, 2.75) is 49.9 Å². The Morgan fingerprint density at radius 1 is 0.907 bits per heavy atom. The number of methoxy groups -OCH3 is 2. The third-order valence-electron chi connectivity index (χ3n) is 10.3. The summed E-state index contributed by atoms with van der Waals surface area (Å²) in [4.78, 5) is 52.1. The van der Waals surface area contributed by atoms with Crippen LogP contribution in [0.25, 0.3) is 0 Å². The van der Waals surface area contributed by atoms with Crippen LogP contribution in [0.15, 0.2) is 119 Å². The van der Waals surface area contributed by atoms with Crippen molar-refractivity contribution in [2.24, 2.45) is 15.9 Å².